The average Bonchev–Trinajstić information content (AvgIpc) is 3.63. The van der Waals surface area contributed by atoms with Crippen LogP contribution < -0.4 is 0 Å². The molecule has 1 aliphatic heterocycles. The lowest BCUT2D eigenvalue weighted by Crippen LogP contribution is -2.56. The van der Waals surface area contributed by atoms with E-state index in [9.17, 15) is 22.0 Å². The summed E-state index contributed by atoms with van der Waals surface area (Å²) in [5.74, 6) is -1.53. The number of piperidine rings is 1. The van der Waals surface area contributed by atoms with Crippen LogP contribution >= 0.6 is 11.6 Å². The number of aldehydes is 1. The lowest BCUT2D eigenvalue weighted by Gasteiger charge is -2.48. The highest BCUT2D eigenvalue weighted by Crippen LogP contribution is 2.60. The highest BCUT2D eigenvalue weighted by molar-refractivity contribution is 7.89. The Kier molecular flexibility index (Phi) is 8.02. The molecular weight excluding hydrogens is 548 g/mol. The van der Waals surface area contributed by atoms with Crippen LogP contribution in [0.15, 0.2) is 47.4 Å². The fourth-order valence-electron chi connectivity index (χ4n) is 5.39. The fraction of sp³-hybridized carbons (Fsp3) is 0.536. The number of hydrogen-bond donors (Lipinski definition) is 0. The number of carbonyl (C=O) groups is 1. The van der Waals surface area contributed by atoms with Gasteiger partial charge in [0.05, 0.1) is 10.9 Å². The van der Waals surface area contributed by atoms with Crippen LogP contribution in [0.3, 0.4) is 0 Å². The Labute approximate surface area is 230 Å². The molecule has 0 amide bonds. The van der Waals surface area contributed by atoms with Crippen molar-refractivity contribution in [2.75, 3.05) is 0 Å². The van der Waals surface area contributed by atoms with E-state index in [2.05, 4.69) is 33.9 Å². The molecule has 1 saturated carbocycles. The average molecular weight is 584 g/mol. The van der Waals surface area contributed by atoms with Gasteiger partial charge in [0.1, 0.15) is 24.0 Å². The van der Waals surface area contributed by atoms with Crippen LogP contribution in [0.2, 0.25) is 23.2 Å². The number of carbonyl (C=O) groups excluding carboxylic acids is 1. The van der Waals surface area contributed by atoms with Crippen molar-refractivity contribution >= 4 is 36.2 Å². The molecule has 1 aliphatic carbocycles. The van der Waals surface area contributed by atoms with E-state index in [-0.39, 0.29) is 15.5 Å². The Morgan fingerprint density at radius 1 is 1.08 bits per heavy atom. The predicted octanol–water partition coefficient (Wildman–Crippen LogP) is 7.27. The first-order valence-electron chi connectivity index (χ1n) is 13.0. The summed E-state index contributed by atoms with van der Waals surface area (Å²) in [6.45, 7) is 10.4. The Morgan fingerprint density at radius 2 is 1.66 bits per heavy atom. The van der Waals surface area contributed by atoms with Gasteiger partial charge in [-0.2, -0.15) is 4.31 Å². The standard InChI is InChI=1S/C28H36ClF2NO4SSi/c1-27(2,3)38(4,5)36-26(18-33)28(13-14-28)25-8-6-7-24(19-15-21(30)17-22(31)16-19)32(25)37(34,35)23-11-9-20(29)10-12-23/h9-12,15-18,24-26H,6-8,13-14H2,1-5H3/t24-,25+,26?/m1/s1. The third-order valence-corrected chi connectivity index (χ3v) is 15.3. The van der Waals surface area contributed by atoms with E-state index in [1.807, 2.05) is 0 Å². The first-order chi connectivity index (χ1) is 17.6. The molecule has 2 aromatic carbocycles. The van der Waals surface area contributed by atoms with Gasteiger partial charge in [0, 0.05) is 22.5 Å². The Morgan fingerprint density at radius 3 is 2.16 bits per heavy atom. The first-order valence-corrected chi connectivity index (χ1v) is 17.7. The monoisotopic (exact) mass is 583 g/mol. The number of halogens is 3. The van der Waals surface area contributed by atoms with Crippen molar-refractivity contribution in [2.24, 2.45) is 5.41 Å². The molecule has 2 aliphatic rings. The van der Waals surface area contributed by atoms with Gasteiger partial charge in [-0.15, -0.1) is 0 Å². The molecule has 3 atom stereocenters. The molecule has 208 valence electrons. The quantitative estimate of drug-likeness (QED) is 0.242. The molecule has 4 rings (SSSR count). The maximum atomic E-state index is 14.3. The Balaban J connectivity index is 1.83. The third-order valence-electron chi connectivity index (χ3n) is 8.64. The van der Waals surface area contributed by atoms with Gasteiger partial charge in [-0.1, -0.05) is 32.4 Å². The summed E-state index contributed by atoms with van der Waals surface area (Å²) in [4.78, 5) is 12.6. The van der Waals surface area contributed by atoms with Crippen molar-refractivity contribution in [3.63, 3.8) is 0 Å². The molecule has 5 nitrogen and oxygen atoms in total. The normalized spacial score (nSPS) is 23.2. The van der Waals surface area contributed by atoms with Crippen molar-refractivity contribution in [3.05, 3.63) is 64.7 Å². The van der Waals surface area contributed by atoms with Crippen LogP contribution in [0.25, 0.3) is 0 Å². The van der Waals surface area contributed by atoms with E-state index >= 15 is 0 Å². The maximum absolute atomic E-state index is 14.3. The molecule has 38 heavy (non-hydrogen) atoms. The maximum Gasteiger partial charge on any atom is 0.243 e. The minimum atomic E-state index is -4.14. The molecule has 2 aromatic rings. The summed E-state index contributed by atoms with van der Waals surface area (Å²) in [5, 5.41) is 0.249. The van der Waals surface area contributed by atoms with Crippen molar-refractivity contribution < 1.29 is 26.4 Å². The van der Waals surface area contributed by atoms with Crippen LogP contribution in [0.1, 0.15) is 64.5 Å². The van der Waals surface area contributed by atoms with Crippen LogP contribution in [0.5, 0.6) is 0 Å². The van der Waals surface area contributed by atoms with Crippen LogP contribution in [-0.2, 0) is 19.2 Å². The SMILES string of the molecule is CC(C)(C)[Si](C)(C)OC(C=O)C1([C@@H]2CCC[C@H](c3cc(F)cc(F)c3)N2S(=O)(=O)c2ccc(Cl)cc2)CC1. The fourth-order valence-corrected chi connectivity index (χ4v) is 8.73. The number of rotatable bonds is 8. The minimum absolute atomic E-state index is 0.0412. The molecule has 0 N–H and O–H groups in total. The van der Waals surface area contributed by atoms with Gasteiger partial charge in [-0.25, -0.2) is 17.2 Å². The number of benzene rings is 2. The molecule has 0 radical (unpaired) electrons. The zero-order valence-corrected chi connectivity index (χ0v) is 25.1. The summed E-state index contributed by atoms with van der Waals surface area (Å²) in [7, 11) is -6.51. The van der Waals surface area contributed by atoms with Gasteiger partial charge in [0.25, 0.3) is 0 Å². The second-order valence-electron chi connectivity index (χ2n) is 12.1. The van der Waals surface area contributed by atoms with E-state index in [0.717, 1.165) is 12.4 Å². The molecule has 1 saturated heterocycles. The van der Waals surface area contributed by atoms with Crippen molar-refractivity contribution in [1.82, 2.24) is 4.31 Å². The highest BCUT2D eigenvalue weighted by Gasteiger charge is 2.62. The van der Waals surface area contributed by atoms with E-state index in [1.165, 1.54) is 40.7 Å². The second kappa shape index (κ2) is 10.4. The van der Waals surface area contributed by atoms with Gasteiger partial charge >= 0.3 is 0 Å². The van der Waals surface area contributed by atoms with Gasteiger partial charge in [-0.3, -0.25) is 0 Å². The third kappa shape index (κ3) is 5.50. The molecule has 1 unspecified atom stereocenters. The van der Waals surface area contributed by atoms with E-state index < -0.39 is 53.6 Å². The zero-order chi connectivity index (χ0) is 28.1. The van der Waals surface area contributed by atoms with Crippen molar-refractivity contribution in [2.45, 2.75) is 94.1 Å². The second-order valence-corrected chi connectivity index (χ2v) is 19.2. The Bertz CT molecular complexity index is 1270. The highest BCUT2D eigenvalue weighted by atomic mass is 35.5. The van der Waals surface area contributed by atoms with E-state index in [0.29, 0.717) is 37.1 Å². The summed E-state index contributed by atoms with van der Waals surface area (Å²) in [6.07, 6.45) is 2.88. The molecule has 0 spiro atoms. The van der Waals surface area contributed by atoms with Crippen LogP contribution in [0, 0.1) is 17.0 Å². The minimum Gasteiger partial charge on any atom is -0.407 e. The number of nitrogens with zero attached hydrogens (tertiary/aromatic N) is 1. The van der Waals surface area contributed by atoms with E-state index in [4.69, 9.17) is 16.0 Å². The Hall–Kier alpha value is -1.65. The summed E-state index contributed by atoms with van der Waals surface area (Å²) < 4.78 is 65.2. The van der Waals surface area contributed by atoms with Crippen molar-refractivity contribution in [3.8, 4) is 0 Å². The molecule has 10 heteroatoms. The smallest absolute Gasteiger partial charge is 0.243 e. The van der Waals surface area contributed by atoms with Gasteiger partial charge in [0.2, 0.25) is 10.0 Å². The predicted molar refractivity (Wildman–Crippen MR) is 147 cm³/mol. The number of sulfonamides is 1. The van der Waals surface area contributed by atoms with Gasteiger partial charge in [-0.05, 0) is 92.2 Å². The topological polar surface area (TPSA) is 63.7 Å². The van der Waals surface area contributed by atoms with Crippen LogP contribution in [-0.4, -0.2) is 39.5 Å². The zero-order valence-electron chi connectivity index (χ0n) is 22.5. The molecule has 0 bridgehead atoms. The largest absolute Gasteiger partial charge is 0.407 e. The van der Waals surface area contributed by atoms with Crippen LogP contribution in [0.4, 0.5) is 8.78 Å². The lowest BCUT2D eigenvalue weighted by molar-refractivity contribution is -0.119. The first kappa shape index (κ1) is 29.3. The molecule has 1 heterocycles. The summed E-state index contributed by atoms with van der Waals surface area (Å²) in [6, 6.07) is 7.69. The molecular formula is C28H36ClF2NO4SSi. The summed E-state index contributed by atoms with van der Waals surface area (Å²) in [5.41, 5.74) is -0.449. The number of hydrogen-bond acceptors (Lipinski definition) is 4. The lowest BCUT2D eigenvalue weighted by atomic mass is 9.82. The van der Waals surface area contributed by atoms with Gasteiger partial charge in [0.15, 0.2) is 8.32 Å². The van der Waals surface area contributed by atoms with Crippen molar-refractivity contribution in [1.29, 1.82) is 0 Å². The van der Waals surface area contributed by atoms with E-state index in [1.54, 1.807) is 0 Å². The summed E-state index contributed by atoms with van der Waals surface area (Å²) >= 11 is 6.03. The van der Waals surface area contributed by atoms with Gasteiger partial charge < -0.3 is 9.22 Å². The molecule has 0 aromatic heterocycles. The molecule has 2 fully saturated rings.